The number of urea groups is 1. The molecule has 0 unspecified atom stereocenters. The first-order valence-corrected chi connectivity index (χ1v) is 10.6. The molecule has 2 aliphatic heterocycles. The summed E-state index contributed by atoms with van der Waals surface area (Å²) in [6.45, 7) is 3.53. The maximum absolute atomic E-state index is 12.3. The predicted octanol–water partition coefficient (Wildman–Crippen LogP) is 4.11. The SMILES string of the molecule is CCC(=O)N1CCC(NC(=O)Nc2ccc(/C=C/c3ccc4c(c3)OCO4)cc2)CC1. The molecule has 1 saturated heterocycles. The Bertz CT molecular complexity index is 963. The normalized spacial score (nSPS) is 15.8. The number of carbonyl (C=O) groups excluding carboxylic acids is 2. The summed E-state index contributed by atoms with van der Waals surface area (Å²) in [7, 11) is 0. The fourth-order valence-electron chi connectivity index (χ4n) is 3.74. The van der Waals surface area contributed by atoms with Crippen LogP contribution in [0, 0.1) is 0 Å². The van der Waals surface area contributed by atoms with Crippen molar-refractivity contribution in [3.05, 3.63) is 53.6 Å². The minimum atomic E-state index is -0.219. The molecule has 3 amide bonds. The fourth-order valence-corrected chi connectivity index (χ4v) is 3.74. The Hall–Kier alpha value is -3.48. The second kappa shape index (κ2) is 9.55. The van der Waals surface area contributed by atoms with Gasteiger partial charge in [-0.3, -0.25) is 4.79 Å². The first kappa shape index (κ1) is 20.8. The molecule has 0 radical (unpaired) electrons. The van der Waals surface area contributed by atoms with Gasteiger partial charge in [0.2, 0.25) is 12.7 Å². The van der Waals surface area contributed by atoms with Crippen LogP contribution in [0.25, 0.3) is 12.2 Å². The van der Waals surface area contributed by atoms with E-state index in [-0.39, 0.29) is 24.8 Å². The minimum Gasteiger partial charge on any atom is -0.454 e. The summed E-state index contributed by atoms with van der Waals surface area (Å²) in [4.78, 5) is 25.9. The van der Waals surface area contributed by atoms with Crippen molar-refractivity contribution in [2.75, 3.05) is 25.2 Å². The summed E-state index contributed by atoms with van der Waals surface area (Å²) >= 11 is 0. The van der Waals surface area contributed by atoms with Gasteiger partial charge in [0.1, 0.15) is 0 Å². The molecule has 0 saturated carbocycles. The lowest BCUT2D eigenvalue weighted by Gasteiger charge is -2.32. The van der Waals surface area contributed by atoms with Crippen LogP contribution in [0.15, 0.2) is 42.5 Å². The number of anilines is 1. The molecule has 7 heteroatoms. The van der Waals surface area contributed by atoms with Crippen molar-refractivity contribution in [3.63, 3.8) is 0 Å². The molecule has 31 heavy (non-hydrogen) atoms. The molecule has 2 aliphatic rings. The van der Waals surface area contributed by atoms with Crippen molar-refractivity contribution in [1.82, 2.24) is 10.2 Å². The number of nitrogens with zero attached hydrogens (tertiary/aromatic N) is 1. The van der Waals surface area contributed by atoms with E-state index in [4.69, 9.17) is 9.47 Å². The summed E-state index contributed by atoms with van der Waals surface area (Å²) < 4.78 is 10.7. The monoisotopic (exact) mass is 421 g/mol. The Morgan fingerprint density at radius 3 is 2.42 bits per heavy atom. The van der Waals surface area contributed by atoms with Gasteiger partial charge < -0.3 is 25.0 Å². The lowest BCUT2D eigenvalue weighted by atomic mass is 10.0. The molecule has 2 aromatic rings. The van der Waals surface area contributed by atoms with E-state index < -0.39 is 0 Å². The van der Waals surface area contributed by atoms with Gasteiger partial charge in [-0.05, 0) is 48.2 Å². The van der Waals surface area contributed by atoms with Gasteiger partial charge in [-0.1, -0.05) is 37.3 Å². The van der Waals surface area contributed by atoms with Crippen molar-refractivity contribution in [2.45, 2.75) is 32.2 Å². The number of hydrogen-bond acceptors (Lipinski definition) is 4. The van der Waals surface area contributed by atoms with E-state index in [9.17, 15) is 9.59 Å². The second-order valence-corrected chi connectivity index (χ2v) is 7.68. The maximum Gasteiger partial charge on any atom is 0.319 e. The third-order valence-corrected chi connectivity index (χ3v) is 5.52. The molecule has 0 aliphatic carbocycles. The zero-order valence-corrected chi connectivity index (χ0v) is 17.6. The Balaban J connectivity index is 1.26. The van der Waals surface area contributed by atoms with Gasteiger partial charge in [0.25, 0.3) is 0 Å². The number of rotatable bonds is 5. The van der Waals surface area contributed by atoms with Gasteiger partial charge in [-0.25, -0.2) is 4.79 Å². The third kappa shape index (κ3) is 5.36. The molecule has 2 N–H and O–H groups in total. The summed E-state index contributed by atoms with van der Waals surface area (Å²) in [5.74, 6) is 1.71. The smallest absolute Gasteiger partial charge is 0.319 e. The molecule has 1 fully saturated rings. The third-order valence-electron chi connectivity index (χ3n) is 5.52. The van der Waals surface area contributed by atoms with Gasteiger partial charge in [-0.2, -0.15) is 0 Å². The molecule has 7 nitrogen and oxygen atoms in total. The average molecular weight is 421 g/mol. The van der Waals surface area contributed by atoms with Gasteiger partial charge in [-0.15, -0.1) is 0 Å². The Morgan fingerprint density at radius 1 is 1.00 bits per heavy atom. The van der Waals surface area contributed by atoms with Gasteiger partial charge in [0.05, 0.1) is 0 Å². The molecule has 0 aromatic heterocycles. The van der Waals surface area contributed by atoms with Crippen molar-refractivity contribution < 1.29 is 19.1 Å². The zero-order valence-electron chi connectivity index (χ0n) is 17.6. The summed E-state index contributed by atoms with van der Waals surface area (Å²) in [5.41, 5.74) is 2.78. The quantitative estimate of drug-likeness (QED) is 0.712. The molecular weight excluding hydrogens is 394 g/mol. The molecule has 162 valence electrons. The second-order valence-electron chi connectivity index (χ2n) is 7.68. The number of piperidine rings is 1. The summed E-state index contributed by atoms with van der Waals surface area (Å²) in [6.07, 6.45) is 6.10. The molecule has 0 spiro atoms. The number of benzene rings is 2. The Morgan fingerprint density at radius 2 is 1.68 bits per heavy atom. The number of ether oxygens (including phenoxy) is 2. The molecule has 0 bridgehead atoms. The largest absolute Gasteiger partial charge is 0.454 e. The molecular formula is C24H27N3O4. The molecule has 0 atom stereocenters. The van der Waals surface area contributed by atoms with Crippen molar-refractivity contribution >= 4 is 29.8 Å². The van der Waals surface area contributed by atoms with Crippen LogP contribution in [0.4, 0.5) is 10.5 Å². The van der Waals surface area contributed by atoms with Crippen molar-refractivity contribution in [3.8, 4) is 11.5 Å². The average Bonchev–Trinajstić information content (AvgIpc) is 3.26. The number of amides is 3. The highest BCUT2D eigenvalue weighted by Gasteiger charge is 2.22. The van der Waals surface area contributed by atoms with Crippen LogP contribution < -0.4 is 20.1 Å². The lowest BCUT2D eigenvalue weighted by Crippen LogP contribution is -2.47. The highest BCUT2D eigenvalue weighted by molar-refractivity contribution is 5.89. The topological polar surface area (TPSA) is 79.9 Å². The van der Waals surface area contributed by atoms with Gasteiger partial charge in [0, 0.05) is 31.2 Å². The number of likely N-dealkylation sites (tertiary alicyclic amines) is 1. The number of carbonyl (C=O) groups is 2. The van der Waals surface area contributed by atoms with Crippen LogP contribution >= 0.6 is 0 Å². The van der Waals surface area contributed by atoms with Crippen LogP contribution in [0.1, 0.15) is 37.3 Å². The van der Waals surface area contributed by atoms with E-state index in [0.717, 1.165) is 41.2 Å². The van der Waals surface area contributed by atoms with Crippen LogP contribution in [-0.4, -0.2) is 42.8 Å². The minimum absolute atomic E-state index is 0.0878. The predicted molar refractivity (Wildman–Crippen MR) is 120 cm³/mol. The first-order valence-electron chi connectivity index (χ1n) is 10.6. The van der Waals surface area contributed by atoms with E-state index in [0.29, 0.717) is 19.5 Å². The highest BCUT2D eigenvalue weighted by Crippen LogP contribution is 2.33. The van der Waals surface area contributed by atoms with E-state index in [1.807, 2.05) is 66.4 Å². The van der Waals surface area contributed by atoms with Crippen LogP contribution in [0.5, 0.6) is 11.5 Å². The molecule has 4 rings (SSSR count). The standard InChI is InChI=1S/C24H27N3O4/c1-2-23(28)27-13-11-20(12-14-27)26-24(29)25-19-8-5-17(6-9-19)3-4-18-7-10-21-22(15-18)31-16-30-21/h3-10,15,20H,2,11-14,16H2,1H3,(H2,25,26,29)/b4-3+. The molecule has 2 aromatic carbocycles. The molecule has 2 heterocycles. The zero-order chi connectivity index (χ0) is 21.6. The first-order chi connectivity index (χ1) is 15.1. The van der Waals surface area contributed by atoms with Crippen molar-refractivity contribution in [2.24, 2.45) is 0 Å². The van der Waals surface area contributed by atoms with Crippen LogP contribution in [0.3, 0.4) is 0 Å². The van der Waals surface area contributed by atoms with E-state index in [2.05, 4.69) is 10.6 Å². The van der Waals surface area contributed by atoms with Gasteiger partial charge >= 0.3 is 6.03 Å². The van der Waals surface area contributed by atoms with E-state index >= 15 is 0 Å². The van der Waals surface area contributed by atoms with E-state index in [1.54, 1.807) is 0 Å². The summed E-state index contributed by atoms with van der Waals surface area (Å²) in [6, 6.07) is 13.4. The van der Waals surface area contributed by atoms with Crippen LogP contribution in [-0.2, 0) is 4.79 Å². The van der Waals surface area contributed by atoms with Gasteiger partial charge in [0.15, 0.2) is 11.5 Å². The van der Waals surface area contributed by atoms with E-state index in [1.165, 1.54) is 0 Å². The number of nitrogens with one attached hydrogen (secondary N) is 2. The number of fused-ring (bicyclic) bond motifs is 1. The van der Waals surface area contributed by atoms with Crippen molar-refractivity contribution in [1.29, 1.82) is 0 Å². The lowest BCUT2D eigenvalue weighted by molar-refractivity contribution is -0.131. The fraction of sp³-hybridized carbons (Fsp3) is 0.333. The maximum atomic E-state index is 12.3. The Kier molecular flexibility index (Phi) is 6.40. The van der Waals surface area contributed by atoms with Crippen LogP contribution in [0.2, 0.25) is 0 Å². The highest BCUT2D eigenvalue weighted by atomic mass is 16.7. The number of hydrogen-bond donors (Lipinski definition) is 2. The summed E-state index contributed by atoms with van der Waals surface area (Å²) in [5, 5.41) is 5.88. The Labute approximate surface area is 182 Å².